The van der Waals surface area contributed by atoms with Crippen molar-refractivity contribution in [1.29, 1.82) is 0 Å². The molecule has 0 radical (unpaired) electrons. The Bertz CT molecular complexity index is 720. The van der Waals surface area contributed by atoms with E-state index in [9.17, 15) is 14.8 Å². The molecule has 0 amide bonds. The van der Waals surface area contributed by atoms with Gasteiger partial charge in [-0.2, -0.15) is 0 Å². The normalized spacial score (nSPS) is 49.3. The highest BCUT2D eigenvalue weighted by Gasteiger charge is 2.66. The Balaban J connectivity index is 1.83. The zero-order chi connectivity index (χ0) is 21.1. The Kier molecular flexibility index (Phi) is 5.07. The van der Waals surface area contributed by atoms with Crippen molar-refractivity contribution >= 4 is 11.9 Å². The van der Waals surface area contributed by atoms with Crippen LogP contribution in [-0.2, 0) is 28.7 Å². The van der Waals surface area contributed by atoms with Crippen LogP contribution in [0.1, 0.15) is 59.8 Å². The second-order valence-corrected chi connectivity index (χ2v) is 9.82. The second-order valence-electron chi connectivity index (χ2n) is 9.82. The summed E-state index contributed by atoms with van der Waals surface area (Å²) >= 11 is 0. The SMILES string of the molecule is C=C1C[C@@H]2O[C@H]3[C@H]4[C@@H](CC[C@@](C)(OC(C)=O)[C@H]42)[C@@H](C)C(=O)O[C@@]3(C)CC[C@H]1OO. The lowest BCUT2D eigenvalue weighted by atomic mass is 9.58. The van der Waals surface area contributed by atoms with Gasteiger partial charge in [0.2, 0.25) is 0 Å². The largest absolute Gasteiger partial charge is 0.459 e. The second kappa shape index (κ2) is 7.06. The molecule has 4 fully saturated rings. The van der Waals surface area contributed by atoms with E-state index in [1.807, 2.05) is 20.8 Å². The van der Waals surface area contributed by atoms with Crippen molar-refractivity contribution in [2.24, 2.45) is 23.7 Å². The molecule has 2 bridgehead atoms. The van der Waals surface area contributed by atoms with Crippen molar-refractivity contribution in [3.63, 3.8) is 0 Å². The molecule has 1 saturated carbocycles. The number of rotatable bonds is 2. The van der Waals surface area contributed by atoms with Gasteiger partial charge in [-0.15, -0.1) is 0 Å². The summed E-state index contributed by atoms with van der Waals surface area (Å²) in [6.45, 7) is 11.4. The maximum absolute atomic E-state index is 12.9. The lowest BCUT2D eigenvalue weighted by Gasteiger charge is -2.48. The number of hydrogen-bond donors (Lipinski definition) is 1. The summed E-state index contributed by atoms with van der Waals surface area (Å²) in [7, 11) is 0. The van der Waals surface area contributed by atoms with Crippen LogP contribution in [0.5, 0.6) is 0 Å². The van der Waals surface area contributed by atoms with Gasteiger partial charge in [0.1, 0.15) is 23.4 Å². The van der Waals surface area contributed by atoms with E-state index in [1.165, 1.54) is 6.92 Å². The van der Waals surface area contributed by atoms with Crippen LogP contribution in [-0.4, -0.2) is 46.7 Å². The summed E-state index contributed by atoms with van der Waals surface area (Å²) in [5, 5.41) is 9.42. The van der Waals surface area contributed by atoms with Crippen molar-refractivity contribution in [2.45, 2.75) is 89.3 Å². The number of fused-ring (bicyclic) bond motifs is 2. The van der Waals surface area contributed by atoms with E-state index in [2.05, 4.69) is 6.58 Å². The number of carbonyl (C=O) groups excluding carboxylic acids is 2. The van der Waals surface area contributed by atoms with Gasteiger partial charge >= 0.3 is 11.9 Å². The van der Waals surface area contributed by atoms with Crippen molar-refractivity contribution in [2.75, 3.05) is 0 Å². The fourth-order valence-corrected chi connectivity index (χ4v) is 6.55. The summed E-state index contributed by atoms with van der Waals surface area (Å²) in [6.07, 6.45) is 1.85. The summed E-state index contributed by atoms with van der Waals surface area (Å²) < 4.78 is 18.6. The van der Waals surface area contributed by atoms with E-state index < -0.39 is 17.3 Å². The van der Waals surface area contributed by atoms with Crippen molar-refractivity contribution in [3.05, 3.63) is 12.2 Å². The molecule has 7 heteroatoms. The minimum atomic E-state index is -0.840. The summed E-state index contributed by atoms with van der Waals surface area (Å²) in [5.74, 6) is -0.686. The van der Waals surface area contributed by atoms with Gasteiger partial charge in [-0.05, 0) is 57.4 Å². The molecule has 0 spiro atoms. The van der Waals surface area contributed by atoms with Crippen LogP contribution in [0.4, 0.5) is 0 Å². The topological polar surface area (TPSA) is 91.3 Å². The third kappa shape index (κ3) is 3.22. The van der Waals surface area contributed by atoms with E-state index in [1.54, 1.807) is 0 Å². The molecule has 7 nitrogen and oxygen atoms in total. The van der Waals surface area contributed by atoms with Gasteiger partial charge in [0.25, 0.3) is 0 Å². The smallest absolute Gasteiger partial charge is 0.309 e. The van der Waals surface area contributed by atoms with Crippen LogP contribution in [0.25, 0.3) is 0 Å². The number of ether oxygens (including phenoxy) is 3. The van der Waals surface area contributed by atoms with Crippen molar-refractivity contribution in [3.8, 4) is 0 Å². The molecular formula is C22H32O7. The van der Waals surface area contributed by atoms with E-state index in [0.717, 1.165) is 12.0 Å². The highest BCUT2D eigenvalue weighted by Crippen LogP contribution is 2.59. The molecule has 0 aromatic heterocycles. The van der Waals surface area contributed by atoms with E-state index >= 15 is 0 Å². The van der Waals surface area contributed by atoms with Gasteiger partial charge in [0, 0.05) is 18.8 Å². The molecule has 3 heterocycles. The van der Waals surface area contributed by atoms with Crippen LogP contribution in [0.3, 0.4) is 0 Å². The molecule has 1 aliphatic carbocycles. The van der Waals surface area contributed by atoms with E-state index in [4.69, 9.17) is 19.1 Å². The first-order valence-corrected chi connectivity index (χ1v) is 10.7. The zero-order valence-electron chi connectivity index (χ0n) is 17.7. The van der Waals surface area contributed by atoms with Crippen LogP contribution < -0.4 is 0 Å². The monoisotopic (exact) mass is 408 g/mol. The molecular weight excluding hydrogens is 376 g/mol. The van der Waals surface area contributed by atoms with Crippen LogP contribution in [0.2, 0.25) is 0 Å². The molecule has 3 aliphatic heterocycles. The Labute approximate surface area is 171 Å². The fourth-order valence-electron chi connectivity index (χ4n) is 6.55. The Morgan fingerprint density at radius 2 is 2.00 bits per heavy atom. The lowest BCUT2D eigenvalue weighted by Crippen LogP contribution is -2.54. The van der Waals surface area contributed by atoms with Gasteiger partial charge < -0.3 is 14.2 Å². The predicted molar refractivity (Wildman–Crippen MR) is 103 cm³/mol. The molecule has 162 valence electrons. The number of esters is 2. The first kappa shape index (κ1) is 20.8. The van der Waals surface area contributed by atoms with Crippen molar-refractivity contribution in [1.82, 2.24) is 0 Å². The number of hydrogen-bond acceptors (Lipinski definition) is 7. The Hall–Kier alpha value is -1.44. The van der Waals surface area contributed by atoms with E-state index in [-0.39, 0.29) is 47.8 Å². The molecule has 4 aliphatic rings. The molecule has 4 rings (SSSR count). The average molecular weight is 408 g/mol. The first-order chi connectivity index (χ1) is 13.6. The maximum Gasteiger partial charge on any atom is 0.309 e. The van der Waals surface area contributed by atoms with Crippen LogP contribution in [0, 0.1) is 23.7 Å². The number of carbonyl (C=O) groups is 2. The fraction of sp³-hybridized carbons (Fsp3) is 0.818. The summed E-state index contributed by atoms with van der Waals surface area (Å²) in [5.41, 5.74) is -0.782. The van der Waals surface area contributed by atoms with Gasteiger partial charge in [-0.1, -0.05) is 13.5 Å². The lowest BCUT2D eigenvalue weighted by molar-refractivity contribution is -0.272. The molecule has 29 heavy (non-hydrogen) atoms. The minimum Gasteiger partial charge on any atom is -0.459 e. The first-order valence-electron chi connectivity index (χ1n) is 10.7. The quantitative estimate of drug-likeness (QED) is 0.324. The molecule has 0 unspecified atom stereocenters. The molecule has 9 atom stereocenters. The molecule has 0 aromatic rings. The maximum atomic E-state index is 12.9. The Morgan fingerprint density at radius 3 is 2.66 bits per heavy atom. The highest BCUT2D eigenvalue weighted by molar-refractivity contribution is 5.73. The minimum absolute atomic E-state index is 0.0453. The highest BCUT2D eigenvalue weighted by atomic mass is 17.1. The van der Waals surface area contributed by atoms with Gasteiger partial charge in [0.05, 0.1) is 12.0 Å². The van der Waals surface area contributed by atoms with E-state index in [0.29, 0.717) is 25.7 Å². The summed E-state index contributed by atoms with van der Waals surface area (Å²) in [4.78, 5) is 29.6. The Morgan fingerprint density at radius 1 is 1.28 bits per heavy atom. The van der Waals surface area contributed by atoms with Crippen molar-refractivity contribution < 1.29 is 33.9 Å². The standard InChI is InChI=1S/C22H32O7/c1-11-10-16-18-17-14(6-8-21(18,4)27-13(3)23)12(2)20(24)28-22(5,19(17)26-16)9-7-15(11)29-25/h12,14-19,25H,1,6-10H2,2-5H3/t12-,14+,15-,16+,17+,18+,19+,21-,22+/m1/s1. The van der Waals surface area contributed by atoms with Gasteiger partial charge in [0.15, 0.2) is 0 Å². The van der Waals surface area contributed by atoms with Gasteiger partial charge in [-0.3, -0.25) is 14.8 Å². The van der Waals surface area contributed by atoms with Gasteiger partial charge in [-0.25, -0.2) is 4.89 Å². The molecule has 0 aromatic carbocycles. The predicted octanol–water partition coefficient (Wildman–Crippen LogP) is 3.27. The zero-order valence-corrected chi connectivity index (χ0v) is 17.7. The third-order valence-electron chi connectivity index (χ3n) is 7.94. The molecule has 1 N–H and O–H groups in total. The summed E-state index contributed by atoms with van der Waals surface area (Å²) in [6, 6.07) is 0. The van der Waals surface area contributed by atoms with Crippen LogP contribution >= 0.6 is 0 Å². The average Bonchev–Trinajstić information content (AvgIpc) is 3.00. The van der Waals surface area contributed by atoms with Crippen LogP contribution in [0.15, 0.2) is 12.2 Å². The third-order valence-corrected chi connectivity index (χ3v) is 7.94. The molecule has 3 saturated heterocycles.